The molecule has 1 aromatic heterocycles. The summed E-state index contributed by atoms with van der Waals surface area (Å²) in [6, 6.07) is 11.2. The average Bonchev–Trinajstić information content (AvgIpc) is 2.48. The molecule has 4 heteroatoms. The number of hydrogen-bond acceptors (Lipinski definition) is 4. The fourth-order valence-corrected chi connectivity index (χ4v) is 2.00. The quantitative estimate of drug-likeness (QED) is 0.822. The molecule has 20 heavy (non-hydrogen) atoms. The van der Waals surface area contributed by atoms with E-state index in [1.54, 1.807) is 13.3 Å². The highest BCUT2D eigenvalue weighted by Gasteiger charge is 2.18. The SMILES string of the molecule is COCCOc1ccccc1C(O)c1ncccc1C. The molecule has 0 bridgehead atoms. The third-order valence-electron chi connectivity index (χ3n) is 3.07. The van der Waals surface area contributed by atoms with E-state index in [1.165, 1.54) is 0 Å². The van der Waals surface area contributed by atoms with Gasteiger partial charge in [-0.2, -0.15) is 0 Å². The summed E-state index contributed by atoms with van der Waals surface area (Å²) >= 11 is 0. The topological polar surface area (TPSA) is 51.6 Å². The summed E-state index contributed by atoms with van der Waals surface area (Å²) in [5, 5.41) is 10.5. The number of para-hydroxylation sites is 1. The number of aryl methyl sites for hydroxylation is 1. The van der Waals surface area contributed by atoms with Gasteiger partial charge < -0.3 is 14.6 Å². The van der Waals surface area contributed by atoms with Gasteiger partial charge in [0, 0.05) is 18.9 Å². The summed E-state index contributed by atoms with van der Waals surface area (Å²) in [6.45, 7) is 2.88. The Bertz CT molecular complexity index is 557. The molecule has 2 rings (SSSR count). The summed E-state index contributed by atoms with van der Waals surface area (Å²) in [6.07, 6.45) is 0.884. The predicted octanol–water partition coefficient (Wildman–Crippen LogP) is 2.50. The molecule has 0 amide bonds. The summed E-state index contributed by atoms with van der Waals surface area (Å²) in [7, 11) is 1.63. The van der Waals surface area contributed by atoms with Crippen molar-refractivity contribution in [3.8, 4) is 5.75 Å². The maximum Gasteiger partial charge on any atom is 0.125 e. The number of nitrogens with zero attached hydrogens (tertiary/aromatic N) is 1. The van der Waals surface area contributed by atoms with Crippen LogP contribution in [0.3, 0.4) is 0 Å². The van der Waals surface area contributed by atoms with Crippen molar-refractivity contribution in [2.45, 2.75) is 13.0 Å². The van der Waals surface area contributed by atoms with Crippen molar-refractivity contribution in [3.05, 3.63) is 59.4 Å². The Hall–Kier alpha value is -1.91. The molecule has 1 N–H and O–H groups in total. The van der Waals surface area contributed by atoms with Crippen LogP contribution < -0.4 is 4.74 Å². The van der Waals surface area contributed by atoms with E-state index in [4.69, 9.17) is 9.47 Å². The van der Waals surface area contributed by atoms with Crippen molar-refractivity contribution in [2.75, 3.05) is 20.3 Å². The minimum absolute atomic E-state index is 0.446. The van der Waals surface area contributed by atoms with E-state index in [9.17, 15) is 5.11 Å². The molecule has 1 aromatic carbocycles. The van der Waals surface area contributed by atoms with Gasteiger partial charge >= 0.3 is 0 Å². The number of aliphatic hydroxyl groups is 1. The Labute approximate surface area is 119 Å². The van der Waals surface area contributed by atoms with Crippen LogP contribution in [-0.2, 0) is 4.74 Å². The number of aliphatic hydroxyl groups excluding tert-OH is 1. The molecule has 0 spiro atoms. The zero-order chi connectivity index (χ0) is 14.4. The molecule has 1 unspecified atom stereocenters. The van der Waals surface area contributed by atoms with Gasteiger partial charge in [0.2, 0.25) is 0 Å². The maximum atomic E-state index is 10.5. The molecule has 0 aliphatic rings. The van der Waals surface area contributed by atoms with Crippen molar-refractivity contribution in [2.24, 2.45) is 0 Å². The van der Waals surface area contributed by atoms with Crippen molar-refractivity contribution < 1.29 is 14.6 Å². The zero-order valence-corrected chi connectivity index (χ0v) is 11.7. The molecule has 0 saturated heterocycles. The Morgan fingerprint density at radius 1 is 1.15 bits per heavy atom. The van der Waals surface area contributed by atoms with E-state index >= 15 is 0 Å². The molecule has 0 aliphatic carbocycles. The van der Waals surface area contributed by atoms with Gasteiger partial charge in [0.05, 0.1) is 12.3 Å². The third-order valence-corrected chi connectivity index (χ3v) is 3.07. The Morgan fingerprint density at radius 2 is 1.95 bits per heavy atom. The molecule has 0 fully saturated rings. The second kappa shape index (κ2) is 7.03. The van der Waals surface area contributed by atoms with Gasteiger partial charge in [-0.15, -0.1) is 0 Å². The molecular weight excluding hydrogens is 254 g/mol. The highest BCUT2D eigenvalue weighted by molar-refractivity contribution is 5.40. The Balaban J connectivity index is 2.25. The van der Waals surface area contributed by atoms with Gasteiger partial charge in [0.1, 0.15) is 18.5 Å². The molecule has 0 saturated carbocycles. The highest BCUT2D eigenvalue weighted by atomic mass is 16.5. The number of rotatable bonds is 6. The van der Waals surface area contributed by atoms with Crippen molar-refractivity contribution in [3.63, 3.8) is 0 Å². The number of pyridine rings is 1. The van der Waals surface area contributed by atoms with Crippen LogP contribution in [0.5, 0.6) is 5.75 Å². The minimum atomic E-state index is -0.796. The van der Waals surface area contributed by atoms with Crippen LogP contribution in [0.15, 0.2) is 42.6 Å². The summed E-state index contributed by atoms with van der Waals surface area (Å²) in [5.41, 5.74) is 2.31. The lowest BCUT2D eigenvalue weighted by Crippen LogP contribution is -2.10. The van der Waals surface area contributed by atoms with E-state index in [-0.39, 0.29) is 0 Å². The summed E-state index contributed by atoms with van der Waals surface area (Å²) < 4.78 is 10.6. The fourth-order valence-electron chi connectivity index (χ4n) is 2.00. The Kier molecular flexibility index (Phi) is 5.09. The first-order chi connectivity index (χ1) is 9.74. The zero-order valence-electron chi connectivity index (χ0n) is 11.7. The summed E-state index contributed by atoms with van der Waals surface area (Å²) in [4.78, 5) is 4.26. The molecule has 4 nitrogen and oxygen atoms in total. The van der Waals surface area contributed by atoms with E-state index < -0.39 is 6.10 Å². The lowest BCUT2D eigenvalue weighted by atomic mass is 10.0. The predicted molar refractivity (Wildman–Crippen MR) is 76.8 cm³/mol. The van der Waals surface area contributed by atoms with Crippen LogP contribution in [-0.4, -0.2) is 30.4 Å². The fraction of sp³-hybridized carbons (Fsp3) is 0.312. The molecule has 0 radical (unpaired) electrons. The van der Waals surface area contributed by atoms with E-state index in [0.717, 1.165) is 5.56 Å². The smallest absolute Gasteiger partial charge is 0.125 e. The van der Waals surface area contributed by atoms with Crippen LogP contribution in [0.25, 0.3) is 0 Å². The minimum Gasteiger partial charge on any atom is -0.491 e. The van der Waals surface area contributed by atoms with Gasteiger partial charge in [-0.25, -0.2) is 0 Å². The van der Waals surface area contributed by atoms with Crippen LogP contribution in [0, 0.1) is 6.92 Å². The normalized spacial score (nSPS) is 12.2. The lowest BCUT2D eigenvalue weighted by Gasteiger charge is -2.17. The van der Waals surface area contributed by atoms with Crippen LogP contribution in [0.2, 0.25) is 0 Å². The number of benzene rings is 1. The van der Waals surface area contributed by atoms with E-state index in [0.29, 0.717) is 30.2 Å². The van der Waals surface area contributed by atoms with Crippen molar-refractivity contribution in [1.82, 2.24) is 4.98 Å². The largest absolute Gasteiger partial charge is 0.491 e. The first kappa shape index (κ1) is 14.5. The Morgan fingerprint density at radius 3 is 2.70 bits per heavy atom. The maximum absolute atomic E-state index is 10.5. The van der Waals surface area contributed by atoms with Gasteiger partial charge in [-0.1, -0.05) is 24.3 Å². The van der Waals surface area contributed by atoms with Crippen LogP contribution in [0.4, 0.5) is 0 Å². The van der Waals surface area contributed by atoms with E-state index in [1.807, 2.05) is 43.3 Å². The van der Waals surface area contributed by atoms with Gasteiger partial charge in [-0.05, 0) is 24.6 Å². The molecular formula is C16H19NO3. The second-order valence-electron chi connectivity index (χ2n) is 4.49. The number of methoxy groups -OCH3 is 1. The molecule has 2 aromatic rings. The molecule has 106 valence electrons. The first-order valence-corrected chi connectivity index (χ1v) is 6.54. The average molecular weight is 273 g/mol. The van der Waals surface area contributed by atoms with Gasteiger partial charge in [0.15, 0.2) is 0 Å². The first-order valence-electron chi connectivity index (χ1n) is 6.54. The lowest BCUT2D eigenvalue weighted by molar-refractivity contribution is 0.142. The second-order valence-corrected chi connectivity index (χ2v) is 4.49. The van der Waals surface area contributed by atoms with Crippen LogP contribution >= 0.6 is 0 Å². The number of ether oxygens (including phenoxy) is 2. The van der Waals surface area contributed by atoms with Gasteiger partial charge in [0.25, 0.3) is 0 Å². The van der Waals surface area contributed by atoms with Crippen molar-refractivity contribution in [1.29, 1.82) is 0 Å². The summed E-state index contributed by atoms with van der Waals surface area (Å²) in [5.74, 6) is 0.655. The highest BCUT2D eigenvalue weighted by Crippen LogP contribution is 2.30. The molecule has 1 atom stereocenters. The van der Waals surface area contributed by atoms with Crippen LogP contribution in [0.1, 0.15) is 22.9 Å². The molecule has 0 aliphatic heterocycles. The standard InChI is InChI=1S/C16H19NO3/c1-12-6-5-9-17-15(12)16(18)13-7-3-4-8-14(13)20-11-10-19-2/h3-9,16,18H,10-11H2,1-2H3. The number of aromatic nitrogens is 1. The van der Waals surface area contributed by atoms with Crippen molar-refractivity contribution >= 4 is 0 Å². The van der Waals surface area contributed by atoms with E-state index in [2.05, 4.69) is 4.98 Å². The number of hydrogen-bond donors (Lipinski definition) is 1. The monoisotopic (exact) mass is 273 g/mol. The molecule has 1 heterocycles. The van der Waals surface area contributed by atoms with Gasteiger partial charge in [-0.3, -0.25) is 4.98 Å². The third kappa shape index (κ3) is 3.35.